The standard InChI is InChI=1S/C17H34N2/c1-14(2)10-11-15(3,4)17(19,12-14)13-16(18)8-6-5-7-9-16/h5-13,18-19H2,1-4H3. The first-order chi connectivity index (χ1) is 8.58. The molecule has 0 aromatic carbocycles. The van der Waals surface area contributed by atoms with Gasteiger partial charge >= 0.3 is 0 Å². The minimum atomic E-state index is -0.0964. The number of hydrogen-bond donors (Lipinski definition) is 2. The van der Waals surface area contributed by atoms with Crippen molar-refractivity contribution in [1.29, 1.82) is 0 Å². The third-order valence-electron chi connectivity index (χ3n) is 6.09. The quantitative estimate of drug-likeness (QED) is 0.794. The topological polar surface area (TPSA) is 52.0 Å². The van der Waals surface area contributed by atoms with Crippen LogP contribution in [0.25, 0.3) is 0 Å². The molecule has 2 aliphatic carbocycles. The summed E-state index contributed by atoms with van der Waals surface area (Å²) in [5, 5.41) is 0. The van der Waals surface area contributed by atoms with Crippen LogP contribution in [0.1, 0.15) is 85.5 Å². The molecule has 19 heavy (non-hydrogen) atoms. The van der Waals surface area contributed by atoms with E-state index in [1.807, 2.05) is 0 Å². The molecule has 2 aliphatic rings. The van der Waals surface area contributed by atoms with Crippen molar-refractivity contribution in [2.75, 3.05) is 0 Å². The molecule has 0 aliphatic heterocycles. The minimum absolute atomic E-state index is 0.00229. The lowest BCUT2D eigenvalue weighted by molar-refractivity contribution is 0.00198. The van der Waals surface area contributed by atoms with Crippen LogP contribution in [0, 0.1) is 10.8 Å². The average Bonchev–Trinajstić information content (AvgIpc) is 2.24. The molecule has 0 saturated heterocycles. The molecule has 0 amide bonds. The first-order valence-corrected chi connectivity index (χ1v) is 8.16. The van der Waals surface area contributed by atoms with Crippen molar-refractivity contribution >= 4 is 0 Å². The van der Waals surface area contributed by atoms with Crippen molar-refractivity contribution in [1.82, 2.24) is 0 Å². The van der Waals surface area contributed by atoms with E-state index in [2.05, 4.69) is 27.7 Å². The van der Waals surface area contributed by atoms with E-state index in [0.717, 1.165) is 12.8 Å². The molecule has 2 fully saturated rings. The van der Waals surface area contributed by atoms with Crippen LogP contribution in [0.3, 0.4) is 0 Å². The van der Waals surface area contributed by atoms with E-state index in [-0.39, 0.29) is 16.5 Å². The molecule has 1 atom stereocenters. The molecular formula is C17H34N2. The third-order valence-corrected chi connectivity index (χ3v) is 6.09. The van der Waals surface area contributed by atoms with E-state index in [1.165, 1.54) is 44.9 Å². The van der Waals surface area contributed by atoms with Crippen LogP contribution in [0.2, 0.25) is 0 Å². The smallest absolute Gasteiger partial charge is 0.0228 e. The van der Waals surface area contributed by atoms with Gasteiger partial charge < -0.3 is 11.5 Å². The molecule has 2 heteroatoms. The monoisotopic (exact) mass is 266 g/mol. The van der Waals surface area contributed by atoms with E-state index < -0.39 is 0 Å². The van der Waals surface area contributed by atoms with Crippen molar-refractivity contribution in [3.8, 4) is 0 Å². The average molecular weight is 266 g/mol. The Kier molecular flexibility index (Phi) is 3.81. The summed E-state index contributed by atoms with van der Waals surface area (Å²) in [5.74, 6) is 0. The molecular weight excluding hydrogens is 232 g/mol. The van der Waals surface area contributed by atoms with Gasteiger partial charge in [-0.25, -0.2) is 0 Å². The predicted molar refractivity (Wildman–Crippen MR) is 83.0 cm³/mol. The molecule has 1 unspecified atom stereocenters. The Labute approximate surface area is 119 Å². The maximum Gasteiger partial charge on any atom is 0.0228 e. The fourth-order valence-corrected chi connectivity index (χ4v) is 4.44. The van der Waals surface area contributed by atoms with E-state index in [9.17, 15) is 0 Å². The third kappa shape index (κ3) is 3.16. The number of rotatable bonds is 2. The Bertz CT molecular complexity index is 326. The molecule has 2 nitrogen and oxygen atoms in total. The van der Waals surface area contributed by atoms with Crippen LogP contribution in [-0.4, -0.2) is 11.1 Å². The van der Waals surface area contributed by atoms with Crippen LogP contribution >= 0.6 is 0 Å². The molecule has 0 spiro atoms. The van der Waals surface area contributed by atoms with E-state index in [0.29, 0.717) is 5.41 Å². The Morgan fingerprint density at radius 1 is 0.789 bits per heavy atom. The van der Waals surface area contributed by atoms with Gasteiger partial charge in [-0.3, -0.25) is 0 Å². The lowest BCUT2D eigenvalue weighted by atomic mass is 9.53. The van der Waals surface area contributed by atoms with Gasteiger partial charge in [0, 0.05) is 11.1 Å². The zero-order valence-electron chi connectivity index (χ0n) is 13.5. The molecule has 112 valence electrons. The summed E-state index contributed by atoms with van der Waals surface area (Å²) in [5.41, 5.74) is 14.1. The van der Waals surface area contributed by atoms with Crippen LogP contribution in [0.15, 0.2) is 0 Å². The highest BCUT2D eigenvalue weighted by molar-refractivity contribution is 5.09. The summed E-state index contributed by atoms with van der Waals surface area (Å²) in [6.07, 6.45) is 10.9. The Hall–Kier alpha value is -0.0800. The molecule has 0 aromatic heterocycles. The Morgan fingerprint density at radius 2 is 1.37 bits per heavy atom. The molecule has 2 rings (SSSR count). The van der Waals surface area contributed by atoms with Crippen LogP contribution in [-0.2, 0) is 0 Å². The summed E-state index contributed by atoms with van der Waals surface area (Å²) in [7, 11) is 0. The molecule has 0 bridgehead atoms. The van der Waals surface area contributed by atoms with Gasteiger partial charge in [0.2, 0.25) is 0 Å². The fraction of sp³-hybridized carbons (Fsp3) is 1.00. The maximum atomic E-state index is 6.95. The lowest BCUT2D eigenvalue weighted by Crippen LogP contribution is -2.63. The fourth-order valence-electron chi connectivity index (χ4n) is 4.44. The van der Waals surface area contributed by atoms with Crippen LogP contribution < -0.4 is 11.5 Å². The second-order valence-corrected chi connectivity index (χ2v) is 8.98. The van der Waals surface area contributed by atoms with Gasteiger partial charge in [-0.2, -0.15) is 0 Å². The van der Waals surface area contributed by atoms with Gasteiger partial charge in [0.15, 0.2) is 0 Å². The van der Waals surface area contributed by atoms with Gasteiger partial charge in [0.05, 0.1) is 0 Å². The van der Waals surface area contributed by atoms with Gasteiger partial charge in [-0.15, -0.1) is 0 Å². The van der Waals surface area contributed by atoms with Crippen LogP contribution in [0.4, 0.5) is 0 Å². The highest BCUT2D eigenvalue weighted by Crippen LogP contribution is 2.53. The lowest BCUT2D eigenvalue weighted by Gasteiger charge is -2.56. The summed E-state index contributed by atoms with van der Waals surface area (Å²) in [6.45, 7) is 9.45. The number of nitrogens with two attached hydrogens (primary N) is 2. The molecule has 2 saturated carbocycles. The van der Waals surface area contributed by atoms with E-state index in [1.54, 1.807) is 0 Å². The summed E-state index contributed by atoms with van der Waals surface area (Å²) >= 11 is 0. The minimum Gasteiger partial charge on any atom is -0.325 e. The van der Waals surface area contributed by atoms with Crippen molar-refractivity contribution in [2.24, 2.45) is 22.3 Å². The molecule has 0 aromatic rings. The zero-order valence-corrected chi connectivity index (χ0v) is 13.5. The molecule has 4 N–H and O–H groups in total. The normalized spacial score (nSPS) is 36.9. The summed E-state index contributed by atoms with van der Waals surface area (Å²) in [6, 6.07) is 0. The second kappa shape index (κ2) is 4.73. The van der Waals surface area contributed by atoms with Crippen molar-refractivity contribution in [2.45, 2.75) is 96.6 Å². The largest absolute Gasteiger partial charge is 0.325 e. The number of hydrogen-bond acceptors (Lipinski definition) is 2. The van der Waals surface area contributed by atoms with Crippen molar-refractivity contribution in [3.05, 3.63) is 0 Å². The van der Waals surface area contributed by atoms with Gasteiger partial charge in [0.25, 0.3) is 0 Å². The first-order valence-electron chi connectivity index (χ1n) is 8.16. The van der Waals surface area contributed by atoms with E-state index in [4.69, 9.17) is 11.5 Å². The zero-order chi connectivity index (χ0) is 14.4. The Balaban J connectivity index is 2.18. The van der Waals surface area contributed by atoms with Crippen molar-refractivity contribution in [3.63, 3.8) is 0 Å². The predicted octanol–water partition coefficient (Wildman–Crippen LogP) is 3.97. The SMILES string of the molecule is CC1(C)CCC(C)(C)C(N)(CC2(N)CCCCC2)C1. The van der Waals surface area contributed by atoms with Crippen molar-refractivity contribution < 1.29 is 0 Å². The molecule has 0 heterocycles. The van der Waals surface area contributed by atoms with Gasteiger partial charge in [0.1, 0.15) is 0 Å². The highest BCUT2D eigenvalue weighted by atomic mass is 14.9. The maximum absolute atomic E-state index is 6.95. The summed E-state index contributed by atoms with van der Waals surface area (Å²) < 4.78 is 0. The molecule has 0 radical (unpaired) electrons. The summed E-state index contributed by atoms with van der Waals surface area (Å²) in [4.78, 5) is 0. The second-order valence-electron chi connectivity index (χ2n) is 8.98. The van der Waals surface area contributed by atoms with E-state index >= 15 is 0 Å². The van der Waals surface area contributed by atoms with Gasteiger partial charge in [-0.05, 0) is 49.4 Å². The van der Waals surface area contributed by atoms with Crippen LogP contribution in [0.5, 0.6) is 0 Å². The highest BCUT2D eigenvalue weighted by Gasteiger charge is 2.51. The van der Waals surface area contributed by atoms with Gasteiger partial charge in [-0.1, -0.05) is 47.0 Å². The first kappa shape index (κ1) is 15.3. The Morgan fingerprint density at radius 3 is 1.95 bits per heavy atom.